The highest BCUT2D eigenvalue weighted by molar-refractivity contribution is 5.93. The van der Waals surface area contributed by atoms with Crippen LogP contribution >= 0.6 is 0 Å². The molecule has 1 fully saturated rings. The summed E-state index contributed by atoms with van der Waals surface area (Å²) in [5.41, 5.74) is 9.32. The molecule has 7 heteroatoms. The normalized spacial score (nSPS) is 13.6. The molecule has 0 spiro atoms. The van der Waals surface area contributed by atoms with Crippen molar-refractivity contribution in [2.24, 2.45) is 11.7 Å². The predicted molar refractivity (Wildman–Crippen MR) is 129 cm³/mol. The van der Waals surface area contributed by atoms with E-state index in [2.05, 4.69) is 26.8 Å². The monoisotopic (exact) mass is 439 g/mol. The largest absolute Gasteiger partial charge is 0.473 e. The zero-order valence-corrected chi connectivity index (χ0v) is 18.1. The van der Waals surface area contributed by atoms with Gasteiger partial charge in [0.2, 0.25) is 11.8 Å². The highest BCUT2D eigenvalue weighted by atomic mass is 16.5. The molecule has 3 N–H and O–H groups in total. The van der Waals surface area contributed by atoms with E-state index in [4.69, 9.17) is 10.5 Å². The summed E-state index contributed by atoms with van der Waals surface area (Å²) in [5, 5.41) is 2.85. The molecule has 7 nitrogen and oxygen atoms in total. The quantitative estimate of drug-likeness (QED) is 0.476. The van der Waals surface area contributed by atoms with E-state index in [-0.39, 0.29) is 11.8 Å². The Morgan fingerprint density at radius 3 is 2.64 bits per heavy atom. The SMILES string of the molecule is C=C/C=C(\C=C/N)c1ncc(NC(=O)C2CC2)nc1-c1ccc(OCc2ccccc2)nc1. The van der Waals surface area contributed by atoms with Gasteiger partial charge in [-0.15, -0.1) is 0 Å². The van der Waals surface area contributed by atoms with Gasteiger partial charge in [0.15, 0.2) is 5.82 Å². The second-order valence-electron chi connectivity index (χ2n) is 7.59. The Labute approximate surface area is 192 Å². The molecule has 3 aromatic rings. The molecule has 0 radical (unpaired) electrons. The van der Waals surface area contributed by atoms with Gasteiger partial charge in [0.1, 0.15) is 12.3 Å². The van der Waals surface area contributed by atoms with Crippen molar-refractivity contribution in [3.8, 4) is 17.1 Å². The molecule has 1 aliphatic carbocycles. The number of hydrogen-bond donors (Lipinski definition) is 2. The van der Waals surface area contributed by atoms with E-state index < -0.39 is 0 Å². The Morgan fingerprint density at radius 1 is 1.15 bits per heavy atom. The first-order chi connectivity index (χ1) is 16.2. The third kappa shape index (κ3) is 5.71. The molecule has 0 atom stereocenters. The lowest BCUT2D eigenvalue weighted by Gasteiger charge is -2.12. The second kappa shape index (κ2) is 10.4. The third-order valence-corrected chi connectivity index (χ3v) is 5.06. The van der Waals surface area contributed by atoms with E-state index in [9.17, 15) is 4.79 Å². The number of hydrogen-bond acceptors (Lipinski definition) is 6. The number of ether oxygens (including phenoxy) is 1. The Bertz CT molecular complexity index is 1180. The minimum Gasteiger partial charge on any atom is -0.473 e. The first-order valence-corrected chi connectivity index (χ1v) is 10.7. The molecule has 1 saturated carbocycles. The maximum atomic E-state index is 12.2. The first kappa shape index (κ1) is 22.0. The number of anilines is 1. The molecular weight excluding hydrogens is 414 g/mol. The van der Waals surface area contributed by atoms with Crippen LogP contribution in [-0.2, 0) is 11.4 Å². The summed E-state index contributed by atoms with van der Waals surface area (Å²) in [5.74, 6) is 0.923. The number of carbonyl (C=O) groups excluding carboxylic acids is 1. The Hall–Kier alpha value is -4.26. The molecule has 2 heterocycles. The lowest BCUT2D eigenvalue weighted by Crippen LogP contribution is -2.15. The first-order valence-electron chi connectivity index (χ1n) is 10.7. The van der Waals surface area contributed by atoms with Crippen LogP contribution in [0.5, 0.6) is 5.88 Å². The highest BCUT2D eigenvalue weighted by Gasteiger charge is 2.30. The summed E-state index contributed by atoms with van der Waals surface area (Å²) in [6.45, 7) is 4.19. The van der Waals surface area contributed by atoms with Crippen LogP contribution in [0.2, 0.25) is 0 Å². The van der Waals surface area contributed by atoms with Gasteiger partial charge in [-0.25, -0.2) is 9.97 Å². The van der Waals surface area contributed by atoms with Gasteiger partial charge in [0.05, 0.1) is 11.9 Å². The molecule has 1 aromatic carbocycles. The third-order valence-electron chi connectivity index (χ3n) is 5.06. The maximum absolute atomic E-state index is 12.2. The minimum atomic E-state index is -0.0329. The number of rotatable bonds is 9. The van der Waals surface area contributed by atoms with Gasteiger partial charge < -0.3 is 15.8 Å². The summed E-state index contributed by atoms with van der Waals surface area (Å²) in [7, 11) is 0. The van der Waals surface area contributed by atoms with Crippen LogP contribution in [0.15, 0.2) is 85.9 Å². The summed E-state index contributed by atoms with van der Waals surface area (Å²) in [6.07, 6.45) is 11.7. The van der Waals surface area contributed by atoms with Crippen LogP contribution in [0.4, 0.5) is 5.82 Å². The minimum absolute atomic E-state index is 0.0329. The van der Waals surface area contributed by atoms with Crippen LogP contribution in [-0.4, -0.2) is 20.9 Å². The fraction of sp³-hybridized carbons (Fsp3) is 0.154. The van der Waals surface area contributed by atoms with Crippen molar-refractivity contribution in [3.05, 3.63) is 97.1 Å². The number of aromatic nitrogens is 3. The van der Waals surface area contributed by atoms with Crippen LogP contribution in [0, 0.1) is 5.92 Å². The van der Waals surface area contributed by atoms with Gasteiger partial charge in [0.25, 0.3) is 0 Å². The van der Waals surface area contributed by atoms with Gasteiger partial charge in [-0.05, 0) is 36.7 Å². The van der Waals surface area contributed by atoms with E-state index in [1.807, 2.05) is 36.4 Å². The van der Waals surface area contributed by atoms with E-state index in [0.717, 1.165) is 29.5 Å². The molecule has 1 amide bonds. The standard InChI is InChI=1S/C26H25N5O2/c1-2-6-19(13-14-27)24-25(30-22(16-29-24)31-26(32)20-9-10-20)21-11-12-23(28-15-21)33-17-18-7-4-3-5-8-18/h2-8,11-16,20H,1,9-10,17,27H2,(H,30,31,32)/b14-13-,19-6+. The van der Waals surface area contributed by atoms with Crippen LogP contribution < -0.4 is 15.8 Å². The average Bonchev–Trinajstić information content (AvgIpc) is 3.69. The molecule has 33 heavy (non-hydrogen) atoms. The number of amides is 1. The van der Waals surface area contributed by atoms with Crippen molar-refractivity contribution in [2.45, 2.75) is 19.4 Å². The van der Waals surface area contributed by atoms with Crippen LogP contribution in [0.3, 0.4) is 0 Å². The van der Waals surface area contributed by atoms with E-state index in [1.165, 1.54) is 6.20 Å². The van der Waals surface area contributed by atoms with Crippen molar-refractivity contribution >= 4 is 17.3 Å². The zero-order chi connectivity index (χ0) is 23.0. The number of nitrogens with zero attached hydrogens (tertiary/aromatic N) is 3. The van der Waals surface area contributed by atoms with Crippen molar-refractivity contribution in [3.63, 3.8) is 0 Å². The number of nitrogens with one attached hydrogen (secondary N) is 1. The molecule has 0 aliphatic heterocycles. The Balaban J connectivity index is 1.63. The van der Waals surface area contributed by atoms with Crippen molar-refractivity contribution < 1.29 is 9.53 Å². The van der Waals surface area contributed by atoms with Crippen molar-refractivity contribution in [2.75, 3.05) is 5.32 Å². The Morgan fingerprint density at radius 2 is 1.97 bits per heavy atom. The van der Waals surface area contributed by atoms with E-state index in [1.54, 1.807) is 36.7 Å². The van der Waals surface area contributed by atoms with Gasteiger partial charge in [-0.1, -0.05) is 49.1 Å². The van der Waals surface area contributed by atoms with Gasteiger partial charge in [-0.2, -0.15) is 0 Å². The maximum Gasteiger partial charge on any atom is 0.228 e. The molecule has 1 aliphatic rings. The molecule has 166 valence electrons. The predicted octanol–water partition coefficient (Wildman–Crippen LogP) is 4.51. The summed E-state index contributed by atoms with van der Waals surface area (Å²) in [4.78, 5) is 25.9. The number of nitrogens with two attached hydrogens (primary N) is 1. The molecule has 0 unspecified atom stereocenters. The molecule has 4 rings (SSSR count). The lowest BCUT2D eigenvalue weighted by molar-refractivity contribution is -0.117. The lowest BCUT2D eigenvalue weighted by atomic mass is 10.0. The zero-order valence-electron chi connectivity index (χ0n) is 18.1. The number of allylic oxidation sites excluding steroid dienone is 4. The molecular formula is C26H25N5O2. The second-order valence-corrected chi connectivity index (χ2v) is 7.59. The van der Waals surface area contributed by atoms with Crippen LogP contribution in [0.1, 0.15) is 24.1 Å². The number of benzene rings is 1. The van der Waals surface area contributed by atoms with Crippen LogP contribution in [0.25, 0.3) is 16.8 Å². The molecule has 0 saturated heterocycles. The summed E-state index contributed by atoms with van der Waals surface area (Å²) >= 11 is 0. The fourth-order valence-corrected chi connectivity index (χ4v) is 3.22. The van der Waals surface area contributed by atoms with Gasteiger partial charge in [-0.3, -0.25) is 9.78 Å². The van der Waals surface area contributed by atoms with Crippen molar-refractivity contribution in [1.82, 2.24) is 15.0 Å². The average molecular weight is 440 g/mol. The Kier molecular flexibility index (Phi) is 6.90. The number of carbonyl (C=O) groups is 1. The fourth-order valence-electron chi connectivity index (χ4n) is 3.22. The number of pyridine rings is 1. The highest BCUT2D eigenvalue weighted by Crippen LogP contribution is 2.31. The smallest absolute Gasteiger partial charge is 0.228 e. The van der Waals surface area contributed by atoms with E-state index in [0.29, 0.717) is 29.7 Å². The van der Waals surface area contributed by atoms with Gasteiger partial charge >= 0.3 is 0 Å². The summed E-state index contributed by atoms with van der Waals surface area (Å²) in [6, 6.07) is 13.5. The summed E-state index contributed by atoms with van der Waals surface area (Å²) < 4.78 is 5.79. The van der Waals surface area contributed by atoms with Gasteiger partial charge in [0, 0.05) is 29.3 Å². The topological polar surface area (TPSA) is 103 Å². The molecule has 2 aromatic heterocycles. The molecule has 0 bridgehead atoms. The van der Waals surface area contributed by atoms with E-state index >= 15 is 0 Å². The van der Waals surface area contributed by atoms with Crippen molar-refractivity contribution in [1.29, 1.82) is 0 Å².